The highest BCUT2D eigenvalue weighted by atomic mass is 16.7. The van der Waals surface area contributed by atoms with E-state index in [0.29, 0.717) is 42.6 Å². The van der Waals surface area contributed by atoms with Crippen LogP contribution in [0.25, 0.3) is 10.9 Å². The highest BCUT2D eigenvalue weighted by molar-refractivity contribution is 5.96. The van der Waals surface area contributed by atoms with E-state index < -0.39 is 95.1 Å². The molecule has 76 heavy (non-hydrogen) atoms. The molecule has 0 radical (unpaired) electrons. The third-order valence-electron chi connectivity index (χ3n) is 15.5. The second-order valence-electron chi connectivity index (χ2n) is 22.2. The summed E-state index contributed by atoms with van der Waals surface area (Å²) in [6, 6.07) is 9.68. The van der Waals surface area contributed by atoms with Gasteiger partial charge in [-0.05, 0) is 124 Å². The molecule has 1 amide bonds. The molecule has 2 aromatic heterocycles. The van der Waals surface area contributed by atoms with Crippen molar-refractivity contribution in [2.24, 2.45) is 23.5 Å². The van der Waals surface area contributed by atoms with E-state index in [1.165, 1.54) is 6.92 Å². The number of pyridine rings is 2. The van der Waals surface area contributed by atoms with E-state index in [1.54, 1.807) is 71.3 Å². The van der Waals surface area contributed by atoms with E-state index in [-0.39, 0.29) is 61.9 Å². The third kappa shape index (κ3) is 14.6. The Balaban J connectivity index is 1.30. The number of esters is 3. The molecule has 19 heteroatoms. The van der Waals surface area contributed by atoms with Gasteiger partial charge in [-0.25, -0.2) is 0 Å². The smallest absolute Gasteiger partial charge is 0.312 e. The van der Waals surface area contributed by atoms with Gasteiger partial charge in [-0.2, -0.15) is 0 Å². The average Bonchev–Trinajstić information content (AvgIpc) is 4.22. The van der Waals surface area contributed by atoms with Crippen molar-refractivity contribution < 1.29 is 58.2 Å². The van der Waals surface area contributed by atoms with Crippen LogP contribution in [0.15, 0.2) is 53.6 Å². The zero-order valence-electron chi connectivity index (χ0n) is 46.2. The lowest BCUT2D eigenvalue weighted by molar-refractivity contribution is -0.301. The molecule has 1 saturated carbocycles. The third-order valence-corrected chi connectivity index (χ3v) is 15.5. The molecular weight excluding hydrogens is 977 g/mol. The van der Waals surface area contributed by atoms with Gasteiger partial charge >= 0.3 is 17.9 Å². The molecule has 3 aliphatic rings. The van der Waals surface area contributed by atoms with Gasteiger partial charge in [0.25, 0.3) is 5.91 Å². The number of ether oxygens (including phenoxy) is 5. The number of carbonyl (C=O) groups excluding carboxylic acids is 4. The Morgan fingerprint density at radius 3 is 2.39 bits per heavy atom. The number of carbonyl (C=O) groups is 4. The monoisotopic (exact) mass is 1060 g/mol. The number of benzene rings is 1. The predicted molar refractivity (Wildman–Crippen MR) is 285 cm³/mol. The molecule has 19 nitrogen and oxygen atoms in total. The van der Waals surface area contributed by atoms with Crippen LogP contribution in [0.4, 0.5) is 0 Å². The van der Waals surface area contributed by atoms with Gasteiger partial charge in [0.1, 0.15) is 47.3 Å². The van der Waals surface area contributed by atoms with Gasteiger partial charge in [0.2, 0.25) is 5.43 Å². The first-order chi connectivity index (χ1) is 35.9. The standard InChI is InChI=1S/C57H82N6O13/c1-12-45-57(8,71)51(68)37(6)62(11)31-33(2)30-56(7,76-46(64)23-26-59-24-15-13-17-38-19-22-43-41(28-38)48(66)42(53(58)69)32-63(43)40-20-21-40)52(75-55-49(67)44(61(9)10)27-34(3)72-55)35(4)50(36(5)54(70)73-45)74-47(65)29-39-18-14-16-25-60-39/h14,16,18-19,22,25,28,32-37,40,44-45,49-52,55,59,67-68,71H,12,15,20-21,23-24,26-27,29-31H2,1-11H3,(H2,58,69)/t33-,34-,35+,36-,37-,44+,45-,49-,50+,51-,52-,55+,56-,57-/m1/s1. The van der Waals surface area contributed by atoms with Crippen molar-refractivity contribution in [2.75, 3.05) is 40.8 Å². The molecule has 0 spiro atoms. The van der Waals surface area contributed by atoms with Crippen LogP contribution in [0.2, 0.25) is 0 Å². The number of nitrogens with one attached hydrogen (secondary N) is 1. The lowest BCUT2D eigenvalue weighted by Gasteiger charge is -2.48. The Bertz CT molecular complexity index is 2610. The van der Waals surface area contributed by atoms with Crippen molar-refractivity contribution >= 4 is 34.7 Å². The molecule has 2 saturated heterocycles. The number of cyclic esters (lactones) is 1. The molecule has 1 aromatic carbocycles. The fourth-order valence-electron chi connectivity index (χ4n) is 11.1. The first-order valence-corrected chi connectivity index (χ1v) is 26.8. The van der Waals surface area contributed by atoms with Gasteiger partial charge in [-0.3, -0.25) is 29.0 Å². The van der Waals surface area contributed by atoms with E-state index in [1.807, 2.05) is 61.5 Å². The molecule has 418 valence electrons. The van der Waals surface area contributed by atoms with Crippen LogP contribution < -0.4 is 16.5 Å². The van der Waals surface area contributed by atoms with Crippen LogP contribution in [0.3, 0.4) is 0 Å². The SMILES string of the molecule is CC[C@H]1OC(=O)[C@H](C)[C@@H](OC(=O)Cc2ccccn2)[C@H](C)[C@@H](O[C@@H]2O[C@H](C)C[C@H](N(C)C)[C@H]2O)[C@](C)(OC(=O)CCNCCC#Cc2ccc3c(c2)c(=O)c(C(N)=O)cn3C2CC2)C[C@@H](C)CN(C)[C@H](C)[C@@H](O)[C@]1(C)O. The number of hydrogen-bond donors (Lipinski definition) is 5. The summed E-state index contributed by atoms with van der Waals surface area (Å²) in [6.07, 6.45) is -1.98. The highest BCUT2D eigenvalue weighted by Gasteiger charge is 2.53. The van der Waals surface area contributed by atoms with E-state index in [2.05, 4.69) is 22.1 Å². The van der Waals surface area contributed by atoms with Crippen molar-refractivity contribution in [3.05, 3.63) is 75.8 Å². The zero-order chi connectivity index (χ0) is 55.8. The second kappa shape index (κ2) is 25.9. The van der Waals surface area contributed by atoms with E-state index in [4.69, 9.17) is 29.4 Å². The molecule has 6 N–H and O–H groups in total. The fraction of sp³-hybridized carbons (Fsp3) is 0.649. The maximum absolute atomic E-state index is 14.5. The predicted octanol–water partition coefficient (Wildman–Crippen LogP) is 3.89. The second-order valence-corrected chi connectivity index (χ2v) is 22.2. The van der Waals surface area contributed by atoms with Crippen LogP contribution in [-0.2, 0) is 44.5 Å². The number of hydrogen-bond acceptors (Lipinski definition) is 17. The minimum Gasteiger partial charge on any atom is -0.461 e. The number of aromatic nitrogens is 2. The number of nitrogens with two attached hydrogens (primary N) is 1. The lowest BCUT2D eigenvalue weighted by Crippen LogP contribution is -2.60. The number of fused-ring (bicyclic) bond motifs is 1. The number of aliphatic hydroxyl groups excluding tert-OH is 2. The molecule has 1 aliphatic carbocycles. The number of amides is 1. The van der Waals surface area contributed by atoms with Gasteiger partial charge in [0.15, 0.2) is 6.29 Å². The summed E-state index contributed by atoms with van der Waals surface area (Å²) in [7, 11) is 5.51. The number of likely N-dealkylation sites (N-methyl/N-ethyl adjacent to an activating group) is 2. The van der Waals surface area contributed by atoms with Crippen LogP contribution in [0, 0.1) is 29.6 Å². The van der Waals surface area contributed by atoms with Crippen molar-refractivity contribution in [1.82, 2.24) is 24.7 Å². The molecular formula is C57H82N6O13. The molecule has 3 fully saturated rings. The summed E-state index contributed by atoms with van der Waals surface area (Å²) >= 11 is 0. The van der Waals surface area contributed by atoms with Crippen molar-refractivity contribution in [2.45, 2.75) is 179 Å². The van der Waals surface area contributed by atoms with Crippen LogP contribution in [0.5, 0.6) is 0 Å². The van der Waals surface area contributed by atoms with Gasteiger partial charge in [0, 0.05) is 73.4 Å². The Morgan fingerprint density at radius 2 is 1.75 bits per heavy atom. The normalized spacial score (nSPS) is 32.1. The largest absolute Gasteiger partial charge is 0.461 e. The molecule has 6 rings (SSSR count). The summed E-state index contributed by atoms with van der Waals surface area (Å²) in [5.41, 5.74) is 3.36. The number of primary amides is 1. The molecule has 3 aromatic rings. The van der Waals surface area contributed by atoms with E-state index in [9.17, 15) is 39.3 Å². The van der Waals surface area contributed by atoms with E-state index >= 15 is 0 Å². The minimum absolute atomic E-state index is 0.0573. The summed E-state index contributed by atoms with van der Waals surface area (Å²) in [5, 5.41) is 39.3. The van der Waals surface area contributed by atoms with Gasteiger partial charge in [-0.1, -0.05) is 38.7 Å². The number of nitrogens with zero attached hydrogens (tertiary/aromatic N) is 4. The van der Waals surface area contributed by atoms with E-state index in [0.717, 1.165) is 18.4 Å². The van der Waals surface area contributed by atoms with Gasteiger partial charge in [-0.15, -0.1) is 0 Å². The summed E-state index contributed by atoms with van der Waals surface area (Å²) in [5.74, 6) is 0.867. The Labute approximate surface area is 447 Å². The highest BCUT2D eigenvalue weighted by Crippen LogP contribution is 2.40. The quantitative estimate of drug-likeness (QED) is 0.0627. The Kier molecular flexibility index (Phi) is 20.4. The summed E-state index contributed by atoms with van der Waals surface area (Å²) in [6.45, 7) is 14.8. The van der Waals surface area contributed by atoms with Crippen molar-refractivity contribution in [3.8, 4) is 11.8 Å². The topological polar surface area (TPSA) is 255 Å². The van der Waals surface area contributed by atoms with Gasteiger partial charge in [0.05, 0.1) is 36.1 Å². The zero-order valence-corrected chi connectivity index (χ0v) is 46.2. The molecule has 14 atom stereocenters. The van der Waals surface area contributed by atoms with Crippen molar-refractivity contribution in [1.29, 1.82) is 0 Å². The molecule has 0 unspecified atom stereocenters. The van der Waals surface area contributed by atoms with Crippen LogP contribution >= 0.6 is 0 Å². The molecule has 0 bridgehead atoms. The first kappa shape index (κ1) is 59.9. The molecule has 2 aliphatic heterocycles. The van der Waals surface area contributed by atoms with Gasteiger partial charge < -0.3 is 64.4 Å². The fourth-order valence-corrected chi connectivity index (χ4v) is 11.1. The summed E-state index contributed by atoms with van der Waals surface area (Å²) < 4.78 is 34.3. The Hall–Kier alpha value is -5.30. The average molecular weight is 1060 g/mol. The van der Waals surface area contributed by atoms with Crippen LogP contribution in [-0.4, -0.2) is 165 Å². The summed E-state index contributed by atoms with van der Waals surface area (Å²) in [4.78, 5) is 76.3. The number of rotatable bonds is 15. The maximum atomic E-state index is 14.5. The van der Waals surface area contributed by atoms with Crippen LogP contribution in [0.1, 0.15) is 128 Å². The molecule has 4 heterocycles. The van der Waals surface area contributed by atoms with Crippen molar-refractivity contribution in [3.63, 3.8) is 0 Å². The Morgan fingerprint density at radius 1 is 1.03 bits per heavy atom. The minimum atomic E-state index is -1.90. The number of aliphatic hydroxyl groups is 3. The maximum Gasteiger partial charge on any atom is 0.312 e. The first-order valence-electron chi connectivity index (χ1n) is 26.8. The lowest BCUT2D eigenvalue weighted by atomic mass is 9.77.